The van der Waals surface area contributed by atoms with Gasteiger partial charge < -0.3 is 0 Å². The fourth-order valence-electron chi connectivity index (χ4n) is 1.44. The molecule has 1 heteroatoms. The lowest BCUT2D eigenvalue weighted by Crippen LogP contribution is -1.90. The van der Waals surface area contributed by atoms with Gasteiger partial charge in [-0.3, -0.25) is 4.79 Å². The van der Waals surface area contributed by atoms with E-state index in [9.17, 15) is 4.79 Å². The SMILES string of the molecule is CC(C)=CC(=O)/C=C(\C)c1ccc(C)cc1. The molecule has 0 fully saturated rings. The Hall–Kier alpha value is -1.63. The second-order valence-corrected chi connectivity index (χ2v) is 4.32. The number of aryl methyl sites for hydroxylation is 1. The summed E-state index contributed by atoms with van der Waals surface area (Å²) in [5.41, 5.74) is 4.36. The molecule has 0 bridgehead atoms. The van der Waals surface area contributed by atoms with Crippen LogP contribution in [-0.2, 0) is 4.79 Å². The largest absolute Gasteiger partial charge is 0.290 e. The van der Waals surface area contributed by atoms with Gasteiger partial charge in [-0.15, -0.1) is 0 Å². The van der Waals surface area contributed by atoms with Crippen molar-refractivity contribution in [3.05, 3.63) is 53.1 Å². The molecule has 0 N–H and O–H groups in total. The van der Waals surface area contributed by atoms with E-state index < -0.39 is 0 Å². The lowest BCUT2D eigenvalue weighted by molar-refractivity contribution is -0.110. The average molecular weight is 214 g/mol. The molecule has 0 amide bonds. The summed E-state index contributed by atoms with van der Waals surface area (Å²) < 4.78 is 0. The van der Waals surface area contributed by atoms with Gasteiger partial charge in [-0.25, -0.2) is 0 Å². The van der Waals surface area contributed by atoms with E-state index in [0.29, 0.717) is 0 Å². The molecule has 1 aromatic carbocycles. The zero-order valence-electron chi connectivity index (χ0n) is 10.4. The van der Waals surface area contributed by atoms with Crippen molar-refractivity contribution in [3.8, 4) is 0 Å². The van der Waals surface area contributed by atoms with Crippen molar-refractivity contribution in [2.45, 2.75) is 27.7 Å². The Kier molecular flexibility index (Phi) is 4.24. The van der Waals surface area contributed by atoms with Crippen LogP contribution >= 0.6 is 0 Å². The van der Waals surface area contributed by atoms with E-state index in [-0.39, 0.29) is 5.78 Å². The van der Waals surface area contributed by atoms with Crippen LogP contribution in [0.15, 0.2) is 42.0 Å². The fraction of sp³-hybridized carbons (Fsp3) is 0.267. The highest BCUT2D eigenvalue weighted by Gasteiger charge is 1.98. The van der Waals surface area contributed by atoms with Crippen molar-refractivity contribution >= 4 is 11.4 Å². The molecular weight excluding hydrogens is 196 g/mol. The lowest BCUT2D eigenvalue weighted by atomic mass is 10.0. The Morgan fingerprint density at radius 1 is 1.00 bits per heavy atom. The number of benzene rings is 1. The molecule has 0 aromatic heterocycles. The molecule has 0 unspecified atom stereocenters. The third kappa shape index (κ3) is 3.85. The highest BCUT2D eigenvalue weighted by molar-refractivity contribution is 6.04. The quantitative estimate of drug-likeness (QED) is 0.697. The minimum atomic E-state index is 0.0538. The summed E-state index contributed by atoms with van der Waals surface area (Å²) >= 11 is 0. The molecule has 0 saturated heterocycles. The van der Waals surface area contributed by atoms with E-state index in [1.165, 1.54) is 5.56 Å². The number of carbonyl (C=O) groups is 1. The Bertz CT molecular complexity index is 429. The highest BCUT2D eigenvalue weighted by Crippen LogP contribution is 2.14. The van der Waals surface area contributed by atoms with Crippen molar-refractivity contribution in [2.75, 3.05) is 0 Å². The number of rotatable bonds is 3. The van der Waals surface area contributed by atoms with E-state index in [2.05, 4.69) is 19.1 Å². The van der Waals surface area contributed by atoms with Crippen LogP contribution in [0.4, 0.5) is 0 Å². The smallest absolute Gasteiger partial charge is 0.178 e. The Balaban J connectivity index is 2.89. The maximum absolute atomic E-state index is 11.6. The van der Waals surface area contributed by atoms with Crippen molar-refractivity contribution in [3.63, 3.8) is 0 Å². The highest BCUT2D eigenvalue weighted by atomic mass is 16.1. The van der Waals surface area contributed by atoms with Gasteiger partial charge in [0.1, 0.15) is 0 Å². The number of hydrogen-bond acceptors (Lipinski definition) is 1. The zero-order chi connectivity index (χ0) is 12.1. The van der Waals surface area contributed by atoms with Gasteiger partial charge in [0.25, 0.3) is 0 Å². The number of carbonyl (C=O) groups excluding carboxylic acids is 1. The molecule has 84 valence electrons. The van der Waals surface area contributed by atoms with E-state index in [4.69, 9.17) is 0 Å². The van der Waals surface area contributed by atoms with Crippen LogP contribution in [0, 0.1) is 6.92 Å². The van der Waals surface area contributed by atoms with E-state index in [1.807, 2.05) is 32.9 Å². The first-order valence-electron chi connectivity index (χ1n) is 5.43. The van der Waals surface area contributed by atoms with Crippen LogP contribution in [0.2, 0.25) is 0 Å². The topological polar surface area (TPSA) is 17.1 Å². The summed E-state index contributed by atoms with van der Waals surface area (Å²) in [5.74, 6) is 0.0538. The summed E-state index contributed by atoms with van der Waals surface area (Å²) in [6.45, 7) is 7.86. The molecule has 0 aliphatic carbocycles. The van der Waals surface area contributed by atoms with Crippen LogP contribution in [0.5, 0.6) is 0 Å². The molecule has 1 rings (SSSR count). The predicted molar refractivity (Wildman–Crippen MR) is 69.3 cm³/mol. The van der Waals surface area contributed by atoms with Gasteiger partial charge in [-0.05, 0) is 51.0 Å². The summed E-state index contributed by atoms with van der Waals surface area (Å²) in [6.07, 6.45) is 3.33. The molecule has 0 atom stereocenters. The first-order chi connectivity index (χ1) is 7.49. The van der Waals surface area contributed by atoms with Crippen LogP contribution in [-0.4, -0.2) is 5.78 Å². The minimum absolute atomic E-state index is 0.0538. The molecule has 0 radical (unpaired) electrons. The maximum atomic E-state index is 11.6. The second-order valence-electron chi connectivity index (χ2n) is 4.32. The molecule has 1 aromatic rings. The first-order valence-corrected chi connectivity index (χ1v) is 5.43. The van der Waals surface area contributed by atoms with Gasteiger partial charge in [0.15, 0.2) is 5.78 Å². The second kappa shape index (κ2) is 5.45. The molecule has 0 heterocycles. The summed E-state index contributed by atoms with van der Waals surface area (Å²) in [7, 11) is 0. The third-order valence-corrected chi connectivity index (χ3v) is 2.30. The van der Waals surface area contributed by atoms with Crippen LogP contribution in [0.25, 0.3) is 5.57 Å². The normalized spacial score (nSPS) is 11.1. The van der Waals surface area contributed by atoms with E-state index >= 15 is 0 Å². The van der Waals surface area contributed by atoms with Gasteiger partial charge in [-0.1, -0.05) is 35.4 Å². The third-order valence-electron chi connectivity index (χ3n) is 2.30. The predicted octanol–water partition coefficient (Wildman–Crippen LogP) is 3.93. The van der Waals surface area contributed by atoms with E-state index in [1.54, 1.807) is 12.2 Å². The summed E-state index contributed by atoms with van der Waals surface area (Å²) in [4.78, 5) is 11.6. The zero-order valence-corrected chi connectivity index (χ0v) is 10.4. The molecule has 0 saturated carbocycles. The van der Waals surface area contributed by atoms with E-state index in [0.717, 1.165) is 16.7 Å². The fourth-order valence-corrected chi connectivity index (χ4v) is 1.44. The van der Waals surface area contributed by atoms with Gasteiger partial charge >= 0.3 is 0 Å². The first kappa shape index (κ1) is 12.4. The van der Waals surface area contributed by atoms with Gasteiger partial charge in [0.2, 0.25) is 0 Å². The van der Waals surface area contributed by atoms with Crippen molar-refractivity contribution in [1.29, 1.82) is 0 Å². The van der Waals surface area contributed by atoms with Crippen LogP contribution in [0.1, 0.15) is 31.9 Å². The van der Waals surface area contributed by atoms with Crippen LogP contribution in [0.3, 0.4) is 0 Å². The average Bonchev–Trinajstić information content (AvgIpc) is 2.16. The lowest BCUT2D eigenvalue weighted by Gasteiger charge is -2.01. The summed E-state index contributed by atoms with van der Waals surface area (Å²) in [6, 6.07) is 8.18. The Morgan fingerprint density at radius 2 is 1.56 bits per heavy atom. The monoisotopic (exact) mass is 214 g/mol. The van der Waals surface area contributed by atoms with Crippen molar-refractivity contribution in [2.24, 2.45) is 0 Å². The maximum Gasteiger partial charge on any atom is 0.178 e. The standard InChI is InChI=1S/C15H18O/c1-11(2)9-15(16)10-13(4)14-7-5-12(3)6-8-14/h5-10H,1-4H3/b13-10+. The number of allylic oxidation sites excluding steroid dienone is 4. The van der Waals surface area contributed by atoms with Crippen LogP contribution < -0.4 is 0 Å². The minimum Gasteiger partial charge on any atom is -0.290 e. The van der Waals surface area contributed by atoms with Crippen molar-refractivity contribution < 1.29 is 4.79 Å². The molecule has 0 aliphatic rings. The molecule has 1 nitrogen and oxygen atoms in total. The molecule has 16 heavy (non-hydrogen) atoms. The van der Waals surface area contributed by atoms with Crippen molar-refractivity contribution in [1.82, 2.24) is 0 Å². The van der Waals surface area contributed by atoms with Gasteiger partial charge in [0.05, 0.1) is 0 Å². The number of hydrogen-bond donors (Lipinski definition) is 0. The summed E-state index contributed by atoms with van der Waals surface area (Å²) in [5, 5.41) is 0. The molecule has 0 spiro atoms. The Labute approximate surface area is 97.5 Å². The van der Waals surface area contributed by atoms with Gasteiger partial charge in [0, 0.05) is 0 Å². The molecular formula is C15H18O. The Morgan fingerprint density at radius 3 is 2.06 bits per heavy atom. The molecule has 0 aliphatic heterocycles. The number of ketones is 1. The van der Waals surface area contributed by atoms with Gasteiger partial charge in [-0.2, -0.15) is 0 Å².